The molecule has 3 aromatic heterocycles. The largest absolute Gasteiger partial charge is 0.495 e. The molecule has 4 rings (SSSR count). The zero-order chi connectivity index (χ0) is 18.4. The number of pyridine rings is 1. The maximum absolute atomic E-state index is 6.27. The molecule has 0 saturated carbocycles. The first-order valence-corrected chi connectivity index (χ1v) is 8.62. The second kappa shape index (κ2) is 6.46. The number of fused-ring (bicyclic) bond motifs is 1. The first-order valence-electron chi connectivity index (χ1n) is 7.48. The Balaban J connectivity index is 1.77. The van der Waals surface area contributed by atoms with E-state index in [0.29, 0.717) is 43.5 Å². The molecule has 6 nitrogen and oxygen atoms in total. The lowest BCUT2D eigenvalue weighted by molar-refractivity contribution is 0.415. The Morgan fingerprint density at radius 3 is 2.58 bits per heavy atom. The molecule has 0 saturated heterocycles. The van der Waals surface area contributed by atoms with Gasteiger partial charge in [-0.3, -0.25) is 0 Å². The summed E-state index contributed by atoms with van der Waals surface area (Å²) in [6, 6.07) is 5.07. The molecule has 132 valence electrons. The van der Waals surface area contributed by atoms with Crippen molar-refractivity contribution < 1.29 is 9.26 Å². The van der Waals surface area contributed by atoms with Gasteiger partial charge in [0.2, 0.25) is 5.82 Å². The fraction of sp³-hybridized carbons (Fsp3) is 0.118. The maximum atomic E-state index is 6.27. The Kier molecular flexibility index (Phi) is 4.26. The van der Waals surface area contributed by atoms with E-state index >= 15 is 0 Å². The van der Waals surface area contributed by atoms with E-state index in [-0.39, 0.29) is 5.89 Å². The zero-order valence-electron chi connectivity index (χ0n) is 13.6. The highest BCUT2D eigenvalue weighted by molar-refractivity contribution is 6.36. The highest BCUT2D eigenvalue weighted by Crippen LogP contribution is 2.36. The Hall–Kier alpha value is -2.28. The summed E-state index contributed by atoms with van der Waals surface area (Å²) in [4.78, 5) is 8.83. The minimum atomic E-state index is 0.250. The number of halogens is 3. The van der Waals surface area contributed by atoms with E-state index in [1.165, 1.54) is 7.11 Å². The van der Waals surface area contributed by atoms with Crippen molar-refractivity contribution >= 4 is 40.4 Å². The predicted molar refractivity (Wildman–Crippen MR) is 100 cm³/mol. The number of hydrogen-bond acceptors (Lipinski definition) is 5. The topological polar surface area (TPSA) is 65.5 Å². The second-order valence-corrected chi connectivity index (χ2v) is 6.83. The minimum absolute atomic E-state index is 0.250. The van der Waals surface area contributed by atoms with Crippen LogP contribution in [0.5, 0.6) is 5.75 Å². The summed E-state index contributed by atoms with van der Waals surface area (Å²) in [7, 11) is 1.51. The SMILES string of the molecule is COc1cc(Cl)c(-c2noc(-c3cn4cc(C)cc(Cl)c4n3)n2)cc1Cl. The molecular weight excluding hydrogens is 399 g/mol. The van der Waals surface area contributed by atoms with Crippen molar-refractivity contribution in [3.8, 4) is 28.7 Å². The highest BCUT2D eigenvalue weighted by atomic mass is 35.5. The number of methoxy groups -OCH3 is 1. The van der Waals surface area contributed by atoms with Gasteiger partial charge in [-0.05, 0) is 24.6 Å². The monoisotopic (exact) mass is 408 g/mol. The molecule has 0 aliphatic heterocycles. The first-order chi connectivity index (χ1) is 12.5. The van der Waals surface area contributed by atoms with Crippen LogP contribution in [0.4, 0.5) is 0 Å². The van der Waals surface area contributed by atoms with E-state index in [1.54, 1.807) is 18.3 Å². The summed E-state index contributed by atoms with van der Waals surface area (Å²) in [5.41, 5.74) is 2.66. The van der Waals surface area contributed by atoms with Crippen LogP contribution in [0, 0.1) is 6.92 Å². The fourth-order valence-corrected chi connectivity index (χ4v) is 3.38. The second-order valence-electron chi connectivity index (χ2n) is 5.61. The Morgan fingerprint density at radius 1 is 1.00 bits per heavy atom. The van der Waals surface area contributed by atoms with Crippen LogP contribution in [0.3, 0.4) is 0 Å². The number of nitrogens with zero attached hydrogens (tertiary/aromatic N) is 4. The number of ether oxygens (including phenoxy) is 1. The van der Waals surface area contributed by atoms with E-state index in [0.717, 1.165) is 5.56 Å². The van der Waals surface area contributed by atoms with E-state index < -0.39 is 0 Å². The summed E-state index contributed by atoms with van der Waals surface area (Å²) >= 11 is 18.7. The molecule has 0 atom stereocenters. The Morgan fingerprint density at radius 2 is 1.81 bits per heavy atom. The van der Waals surface area contributed by atoms with Gasteiger partial charge in [-0.25, -0.2) is 4.98 Å². The van der Waals surface area contributed by atoms with E-state index in [4.69, 9.17) is 44.1 Å². The van der Waals surface area contributed by atoms with Gasteiger partial charge in [0.1, 0.15) is 11.4 Å². The van der Waals surface area contributed by atoms with E-state index in [2.05, 4.69) is 15.1 Å². The number of aromatic nitrogens is 4. The van der Waals surface area contributed by atoms with Crippen LogP contribution in [0.15, 0.2) is 35.1 Å². The van der Waals surface area contributed by atoms with E-state index in [1.807, 2.05) is 23.6 Å². The quantitative estimate of drug-likeness (QED) is 0.457. The molecule has 26 heavy (non-hydrogen) atoms. The summed E-state index contributed by atoms with van der Waals surface area (Å²) in [5, 5.41) is 5.31. The van der Waals surface area contributed by atoms with Crippen LogP contribution in [-0.4, -0.2) is 26.6 Å². The van der Waals surface area contributed by atoms with Crippen molar-refractivity contribution in [2.24, 2.45) is 0 Å². The molecule has 0 unspecified atom stereocenters. The van der Waals surface area contributed by atoms with Crippen LogP contribution in [-0.2, 0) is 0 Å². The molecule has 0 N–H and O–H groups in total. The maximum Gasteiger partial charge on any atom is 0.278 e. The summed E-state index contributed by atoms with van der Waals surface area (Å²) < 4.78 is 12.3. The van der Waals surface area contributed by atoms with Crippen LogP contribution in [0.1, 0.15) is 5.56 Å². The van der Waals surface area contributed by atoms with Gasteiger partial charge in [0.15, 0.2) is 5.65 Å². The van der Waals surface area contributed by atoms with Crippen molar-refractivity contribution in [2.75, 3.05) is 7.11 Å². The van der Waals surface area contributed by atoms with Gasteiger partial charge in [0.05, 0.1) is 22.2 Å². The zero-order valence-corrected chi connectivity index (χ0v) is 15.9. The van der Waals surface area contributed by atoms with Gasteiger partial charge < -0.3 is 13.7 Å². The molecule has 0 fully saturated rings. The van der Waals surface area contributed by atoms with Crippen molar-refractivity contribution in [1.29, 1.82) is 0 Å². The van der Waals surface area contributed by atoms with Gasteiger partial charge in [0, 0.05) is 24.0 Å². The third-order valence-electron chi connectivity index (χ3n) is 3.77. The van der Waals surface area contributed by atoms with Crippen molar-refractivity contribution in [3.63, 3.8) is 0 Å². The molecule has 1 aromatic carbocycles. The van der Waals surface area contributed by atoms with Gasteiger partial charge in [-0.15, -0.1) is 0 Å². The van der Waals surface area contributed by atoms with Gasteiger partial charge in [-0.1, -0.05) is 40.0 Å². The molecule has 4 aromatic rings. The molecule has 0 aliphatic carbocycles. The highest BCUT2D eigenvalue weighted by Gasteiger charge is 2.18. The molecule has 0 radical (unpaired) electrons. The first kappa shape index (κ1) is 17.1. The standard InChI is InChI=1S/C17H11Cl3N4O2/c1-8-3-12(20)16-21-13(7-24(16)6-8)17-22-15(23-26-17)9-4-11(19)14(25-2)5-10(9)18/h3-7H,1-2H3. The summed E-state index contributed by atoms with van der Waals surface area (Å²) in [5.74, 6) is 1.02. The molecule has 0 bridgehead atoms. The lowest BCUT2D eigenvalue weighted by Crippen LogP contribution is -1.88. The third-order valence-corrected chi connectivity index (χ3v) is 4.66. The Labute approximate surface area is 163 Å². The smallest absolute Gasteiger partial charge is 0.278 e. The molecule has 0 aliphatic rings. The van der Waals surface area contributed by atoms with Crippen molar-refractivity contribution in [1.82, 2.24) is 19.5 Å². The van der Waals surface area contributed by atoms with Crippen LogP contribution < -0.4 is 4.74 Å². The van der Waals surface area contributed by atoms with Gasteiger partial charge >= 0.3 is 0 Å². The number of hydrogen-bond donors (Lipinski definition) is 0. The summed E-state index contributed by atoms with van der Waals surface area (Å²) in [6.45, 7) is 1.95. The molecule has 0 spiro atoms. The van der Waals surface area contributed by atoms with Crippen LogP contribution in [0.25, 0.3) is 28.6 Å². The average Bonchev–Trinajstić information content (AvgIpc) is 3.23. The van der Waals surface area contributed by atoms with Crippen LogP contribution >= 0.6 is 34.8 Å². The average molecular weight is 410 g/mol. The van der Waals surface area contributed by atoms with E-state index in [9.17, 15) is 0 Å². The third kappa shape index (κ3) is 2.90. The van der Waals surface area contributed by atoms with Crippen LogP contribution in [0.2, 0.25) is 15.1 Å². The Bertz CT molecular complexity index is 1140. The fourth-order valence-electron chi connectivity index (χ4n) is 2.59. The lowest BCUT2D eigenvalue weighted by atomic mass is 10.2. The summed E-state index contributed by atoms with van der Waals surface area (Å²) in [6.07, 6.45) is 3.68. The van der Waals surface area contributed by atoms with Crippen molar-refractivity contribution in [2.45, 2.75) is 6.92 Å². The number of rotatable bonds is 3. The minimum Gasteiger partial charge on any atom is -0.495 e. The molecular formula is C17H11Cl3N4O2. The molecule has 0 amide bonds. The lowest BCUT2D eigenvalue weighted by Gasteiger charge is -2.05. The predicted octanol–water partition coefficient (Wildman–Crippen LogP) is 5.33. The number of imidazole rings is 1. The normalized spacial score (nSPS) is 11.3. The van der Waals surface area contributed by atoms with Crippen molar-refractivity contribution in [3.05, 3.63) is 51.2 Å². The molecule has 9 heteroatoms. The molecule has 3 heterocycles. The van der Waals surface area contributed by atoms with Gasteiger partial charge in [0.25, 0.3) is 5.89 Å². The number of benzene rings is 1. The number of aryl methyl sites for hydroxylation is 1. The van der Waals surface area contributed by atoms with Gasteiger partial charge in [-0.2, -0.15) is 4.98 Å².